The molecular formula is C13H15ClN2O3. The van der Waals surface area contributed by atoms with E-state index in [1.807, 2.05) is 6.92 Å². The Bertz CT molecular complexity index is 506. The Morgan fingerprint density at radius 3 is 2.84 bits per heavy atom. The van der Waals surface area contributed by atoms with Crippen LogP contribution in [0.15, 0.2) is 24.3 Å². The van der Waals surface area contributed by atoms with Crippen molar-refractivity contribution in [1.29, 1.82) is 0 Å². The fourth-order valence-corrected chi connectivity index (χ4v) is 2.93. The molecule has 1 amide bonds. The summed E-state index contributed by atoms with van der Waals surface area (Å²) in [4.78, 5) is 24.5. The first-order valence-corrected chi connectivity index (χ1v) is 6.70. The SMILES string of the molecule is CC1CCN(C(=O)c2ccccc2[N+](=O)[O-])C1CCl. The second-order valence-electron chi connectivity index (χ2n) is 4.76. The van der Waals surface area contributed by atoms with E-state index in [2.05, 4.69) is 0 Å². The minimum atomic E-state index is -0.525. The number of nitro benzene ring substituents is 1. The van der Waals surface area contributed by atoms with Gasteiger partial charge in [0.1, 0.15) is 5.56 Å². The normalized spacial score (nSPS) is 22.5. The van der Waals surface area contributed by atoms with Gasteiger partial charge in [0.25, 0.3) is 11.6 Å². The summed E-state index contributed by atoms with van der Waals surface area (Å²) in [5, 5.41) is 11.0. The average Bonchev–Trinajstić information content (AvgIpc) is 2.78. The van der Waals surface area contributed by atoms with Crippen molar-refractivity contribution < 1.29 is 9.72 Å². The number of hydrogen-bond acceptors (Lipinski definition) is 3. The van der Waals surface area contributed by atoms with E-state index in [-0.39, 0.29) is 23.2 Å². The molecule has 1 fully saturated rings. The van der Waals surface area contributed by atoms with Crippen LogP contribution in [0, 0.1) is 16.0 Å². The zero-order chi connectivity index (χ0) is 14.0. The highest BCUT2D eigenvalue weighted by molar-refractivity contribution is 6.18. The summed E-state index contributed by atoms with van der Waals surface area (Å²) >= 11 is 5.90. The lowest BCUT2D eigenvalue weighted by Crippen LogP contribution is -2.38. The van der Waals surface area contributed by atoms with Crippen molar-refractivity contribution in [1.82, 2.24) is 4.90 Å². The molecule has 5 nitrogen and oxygen atoms in total. The third kappa shape index (κ3) is 2.56. The molecule has 1 aromatic rings. The fourth-order valence-electron chi connectivity index (χ4n) is 2.46. The molecule has 0 spiro atoms. The molecule has 0 bridgehead atoms. The maximum atomic E-state index is 12.4. The van der Waals surface area contributed by atoms with Gasteiger partial charge in [-0.3, -0.25) is 14.9 Å². The molecular weight excluding hydrogens is 268 g/mol. The van der Waals surface area contributed by atoms with Crippen LogP contribution in [0.25, 0.3) is 0 Å². The predicted octanol–water partition coefficient (Wildman–Crippen LogP) is 2.68. The number of nitrogens with zero attached hydrogens (tertiary/aromatic N) is 2. The highest BCUT2D eigenvalue weighted by Gasteiger charge is 2.36. The number of carbonyl (C=O) groups excluding carboxylic acids is 1. The minimum Gasteiger partial charge on any atom is -0.334 e. The smallest absolute Gasteiger partial charge is 0.282 e. The summed E-state index contributed by atoms with van der Waals surface area (Å²) < 4.78 is 0. The Morgan fingerprint density at radius 1 is 1.53 bits per heavy atom. The van der Waals surface area contributed by atoms with Gasteiger partial charge in [-0.25, -0.2) is 0 Å². The Balaban J connectivity index is 2.32. The zero-order valence-electron chi connectivity index (χ0n) is 10.6. The maximum Gasteiger partial charge on any atom is 0.282 e. The van der Waals surface area contributed by atoms with Crippen molar-refractivity contribution in [2.75, 3.05) is 12.4 Å². The molecule has 0 N–H and O–H groups in total. The molecule has 0 saturated carbocycles. The van der Waals surface area contributed by atoms with Gasteiger partial charge in [-0.05, 0) is 18.4 Å². The number of carbonyl (C=O) groups is 1. The van der Waals surface area contributed by atoms with E-state index in [4.69, 9.17) is 11.6 Å². The summed E-state index contributed by atoms with van der Waals surface area (Å²) in [5.74, 6) is 0.375. The molecule has 6 heteroatoms. The van der Waals surface area contributed by atoms with Gasteiger partial charge in [0, 0.05) is 24.5 Å². The van der Waals surface area contributed by atoms with E-state index >= 15 is 0 Å². The third-order valence-corrected chi connectivity index (χ3v) is 3.95. The number of hydrogen-bond donors (Lipinski definition) is 0. The van der Waals surface area contributed by atoms with Gasteiger partial charge in [-0.15, -0.1) is 11.6 Å². The van der Waals surface area contributed by atoms with E-state index in [0.717, 1.165) is 6.42 Å². The number of amides is 1. The second-order valence-corrected chi connectivity index (χ2v) is 5.07. The topological polar surface area (TPSA) is 63.5 Å². The van der Waals surface area contributed by atoms with Crippen LogP contribution in [0.3, 0.4) is 0 Å². The monoisotopic (exact) mass is 282 g/mol. The van der Waals surface area contributed by atoms with E-state index in [1.165, 1.54) is 12.1 Å². The van der Waals surface area contributed by atoms with Crippen molar-refractivity contribution in [3.8, 4) is 0 Å². The van der Waals surface area contributed by atoms with Crippen LogP contribution in [0.1, 0.15) is 23.7 Å². The lowest BCUT2D eigenvalue weighted by atomic mass is 10.0. The highest BCUT2D eigenvalue weighted by Crippen LogP contribution is 2.28. The van der Waals surface area contributed by atoms with Crippen LogP contribution < -0.4 is 0 Å². The van der Waals surface area contributed by atoms with E-state index in [9.17, 15) is 14.9 Å². The third-order valence-electron chi connectivity index (χ3n) is 3.63. The van der Waals surface area contributed by atoms with Crippen LogP contribution in [0.5, 0.6) is 0 Å². The number of benzene rings is 1. The van der Waals surface area contributed by atoms with Gasteiger partial charge in [0.2, 0.25) is 0 Å². The number of rotatable bonds is 3. The average molecular weight is 283 g/mol. The molecule has 0 aliphatic carbocycles. The Kier molecular flexibility index (Phi) is 4.04. The van der Waals surface area contributed by atoms with Crippen molar-refractivity contribution >= 4 is 23.2 Å². The molecule has 2 unspecified atom stereocenters. The molecule has 1 heterocycles. The van der Waals surface area contributed by atoms with Crippen LogP contribution in [-0.2, 0) is 0 Å². The number of alkyl halides is 1. The minimum absolute atomic E-state index is 0.0472. The van der Waals surface area contributed by atoms with Crippen LogP contribution in [0.4, 0.5) is 5.69 Å². The van der Waals surface area contributed by atoms with Gasteiger partial charge in [0.15, 0.2) is 0 Å². The van der Waals surface area contributed by atoms with Gasteiger partial charge >= 0.3 is 0 Å². The summed E-state index contributed by atoms with van der Waals surface area (Å²) in [7, 11) is 0. The Labute approximate surface area is 116 Å². The fraction of sp³-hybridized carbons (Fsp3) is 0.462. The molecule has 1 aliphatic heterocycles. The van der Waals surface area contributed by atoms with Gasteiger partial charge in [-0.2, -0.15) is 0 Å². The van der Waals surface area contributed by atoms with E-state index < -0.39 is 4.92 Å². The lowest BCUT2D eigenvalue weighted by Gasteiger charge is -2.25. The summed E-state index contributed by atoms with van der Waals surface area (Å²) in [6.07, 6.45) is 0.879. The first-order chi connectivity index (χ1) is 9.06. The largest absolute Gasteiger partial charge is 0.334 e. The highest BCUT2D eigenvalue weighted by atomic mass is 35.5. The molecule has 2 atom stereocenters. The molecule has 0 radical (unpaired) electrons. The quantitative estimate of drug-likeness (QED) is 0.486. The van der Waals surface area contributed by atoms with Gasteiger partial charge < -0.3 is 4.90 Å². The molecule has 1 aliphatic rings. The Morgan fingerprint density at radius 2 is 2.21 bits per heavy atom. The molecule has 1 aromatic carbocycles. The number of likely N-dealkylation sites (tertiary alicyclic amines) is 1. The zero-order valence-corrected chi connectivity index (χ0v) is 11.3. The summed E-state index contributed by atoms with van der Waals surface area (Å²) in [5.41, 5.74) is -0.0166. The van der Waals surface area contributed by atoms with Crippen LogP contribution in [0.2, 0.25) is 0 Å². The van der Waals surface area contributed by atoms with Crippen LogP contribution >= 0.6 is 11.6 Å². The van der Waals surface area contributed by atoms with Crippen molar-refractivity contribution in [2.24, 2.45) is 5.92 Å². The van der Waals surface area contributed by atoms with E-state index in [1.54, 1.807) is 17.0 Å². The lowest BCUT2D eigenvalue weighted by molar-refractivity contribution is -0.385. The maximum absolute atomic E-state index is 12.4. The molecule has 0 aromatic heterocycles. The standard InChI is InChI=1S/C13H15ClN2O3/c1-9-6-7-15(12(9)8-14)13(17)10-4-2-3-5-11(10)16(18)19/h2-5,9,12H,6-8H2,1H3. The summed E-state index contributed by atoms with van der Waals surface area (Å²) in [6, 6.07) is 5.99. The molecule has 2 rings (SSSR count). The second kappa shape index (κ2) is 5.57. The molecule has 1 saturated heterocycles. The van der Waals surface area contributed by atoms with Crippen molar-refractivity contribution in [3.63, 3.8) is 0 Å². The van der Waals surface area contributed by atoms with Crippen molar-refractivity contribution in [3.05, 3.63) is 39.9 Å². The first-order valence-electron chi connectivity index (χ1n) is 6.16. The predicted molar refractivity (Wildman–Crippen MR) is 72.4 cm³/mol. The van der Waals surface area contributed by atoms with Gasteiger partial charge in [-0.1, -0.05) is 19.1 Å². The first kappa shape index (κ1) is 13.8. The van der Waals surface area contributed by atoms with E-state index in [0.29, 0.717) is 18.3 Å². The van der Waals surface area contributed by atoms with Crippen LogP contribution in [-0.4, -0.2) is 34.2 Å². The summed E-state index contributed by atoms with van der Waals surface area (Å²) in [6.45, 7) is 2.64. The Hall–Kier alpha value is -1.62. The van der Waals surface area contributed by atoms with Gasteiger partial charge in [0.05, 0.1) is 4.92 Å². The molecule has 19 heavy (non-hydrogen) atoms. The number of para-hydroxylation sites is 1. The number of halogens is 1. The number of nitro groups is 1. The molecule has 102 valence electrons. The van der Waals surface area contributed by atoms with Crippen molar-refractivity contribution in [2.45, 2.75) is 19.4 Å².